The van der Waals surface area contributed by atoms with Crippen molar-refractivity contribution in [3.05, 3.63) is 41.5 Å². The first kappa shape index (κ1) is 22.6. The summed E-state index contributed by atoms with van der Waals surface area (Å²) in [4.78, 5) is 9.90. The molecule has 2 aliphatic rings. The molecule has 2 atom stereocenters. The lowest BCUT2D eigenvalue weighted by Gasteiger charge is -2.25. The van der Waals surface area contributed by atoms with E-state index in [4.69, 9.17) is 4.99 Å². The average Bonchev–Trinajstić information content (AvgIpc) is 3.52. The predicted octanol–water partition coefficient (Wildman–Crippen LogP) is 2.23. The number of rotatable bonds is 7. The predicted molar refractivity (Wildman–Crippen MR) is 130 cm³/mol. The van der Waals surface area contributed by atoms with Crippen molar-refractivity contribution < 1.29 is 0 Å². The number of benzene rings is 1. The minimum absolute atomic E-state index is 0.370. The summed E-state index contributed by atoms with van der Waals surface area (Å²) < 4.78 is 2.01. The van der Waals surface area contributed by atoms with Crippen LogP contribution in [-0.4, -0.2) is 70.4 Å². The average molecular weight is 439 g/mol. The lowest BCUT2D eigenvalue weighted by molar-refractivity contribution is 0.267. The van der Waals surface area contributed by atoms with Crippen LogP contribution in [0.25, 0.3) is 0 Å². The van der Waals surface area contributed by atoms with E-state index in [1.54, 1.807) is 0 Å². The standard InChI is InChI=1S/C24H38N8/c1-5-31-13-6-7-22(31)15-25-24(26-16-23-29-28-19(3)30(23)4)27-20-12-14-32(17-20)21-10-8-18(2)9-11-21/h8-11,20,22H,5-7,12-17H2,1-4H3,(H2,25,26,27). The van der Waals surface area contributed by atoms with Gasteiger partial charge in [-0.15, -0.1) is 10.2 Å². The second-order valence-corrected chi connectivity index (χ2v) is 9.10. The molecule has 8 heteroatoms. The Morgan fingerprint density at radius 1 is 1.12 bits per heavy atom. The number of likely N-dealkylation sites (N-methyl/N-ethyl adjacent to an activating group) is 1. The van der Waals surface area contributed by atoms with Crippen molar-refractivity contribution in [1.29, 1.82) is 0 Å². The number of hydrogen-bond acceptors (Lipinski definition) is 5. The summed E-state index contributed by atoms with van der Waals surface area (Å²) in [7, 11) is 1.99. The van der Waals surface area contributed by atoms with Gasteiger partial charge in [0.05, 0.1) is 0 Å². The number of anilines is 1. The fourth-order valence-electron chi connectivity index (χ4n) is 4.71. The van der Waals surface area contributed by atoms with Gasteiger partial charge in [0.2, 0.25) is 0 Å². The van der Waals surface area contributed by atoms with Gasteiger partial charge in [0.25, 0.3) is 0 Å². The lowest BCUT2D eigenvalue weighted by Crippen LogP contribution is -2.48. The summed E-state index contributed by atoms with van der Waals surface area (Å²) in [5.74, 6) is 2.67. The van der Waals surface area contributed by atoms with Crippen LogP contribution in [0.4, 0.5) is 5.69 Å². The number of nitrogens with zero attached hydrogens (tertiary/aromatic N) is 6. The molecule has 0 aliphatic carbocycles. The van der Waals surface area contributed by atoms with E-state index < -0.39 is 0 Å². The number of likely N-dealkylation sites (tertiary alicyclic amines) is 1. The Kier molecular flexibility index (Phi) is 7.29. The topological polar surface area (TPSA) is 73.6 Å². The van der Waals surface area contributed by atoms with Gasteiger partial charge in [-0.3, -0.25) is 4.90 Å². The molecule has 8 nitrogen and oxygen atoms in total. The maximum absolute atomic E-state index is 4.89. The van der Waals surface area contributed by atoms with Crippen LogP contribution < -0.4 is 15.5 Å². The fourth-order valence-corrected chi connectivity index (χ4v) is 4.71. The van der Waals surface area contributed by atoms with E-state index >= 15 is 0 Å². The summed E-state index contributed by atoms with van der Waals surface area (Å²) in [6.45, 7) is 12.1. The number of aromatic nitrogens is 3. The van der Waals surface area contributed by atoms with Gasteiger partial charge in [0.1, 0.15) is 12.4 Å². The highest BCUT2D eigenvalue weighted by molar-refractivity contribution is 5.80. The Morgan fingerprint density at radius 3 is 2.66 bits per heavy atom. The largest absolute Gasteiger partial charge is 0.369 e. The van der Waals surface area contributed by atoms with Crippen LogP contribution in [0, 0.1) is 13.8 Å². The van der Waals surface area contributed by atoms with Crippen molar-refractivity contribution in [2.75, 3.05) is 37.6 Å². The molecule has 2 aliphatic heterocycles. The third-order valence-corrected chi connectivity index (χ3v) is 6.90. The highest BCUT2D eigenvalue weighted by Gasteiger charge is 2.26. The van der Waals surface area contributed by atoms with Crippen LogP contribution in [0.3, 0.4) is 0 Å². The first-order valence-electron chi connectivity index (χ1n) is 12.0. The van der Waals surface area contributed by atoms with E-state index in [9.17, 15) is 0 Å². The van der Waals surface area contributed by atoms with Gasteiger partial charge in [0, 0.05) is 44.5 Å². The molecule has 2 aromatic rings. The molecule has 174 valence electrons. The molecular weight excluding hydrogens is 400 g/mol. The zero-order chi connectivity index (χ0) is 22.5. The maximum Gasteiger partial charge on any atom is 0.192 e. The Hall–Kier alpha value is -2.61. The molecule has 2 N–H and O–H groups in total. The highest BCUT2D eigenvalue weighted by atomic mass is 15.3. The quantitative estimate of drug-likeness (QED) is 0.510. The van der Waals surface area contributed by atoms with Gasteiger partial charge in [-0.1, -0.05) is 24.6 Å². The zero-order valence-corrected chi connectivity index (χ0v) is 20.0. The van der Waals surface area contributed by atoms with E-state index in [-0.39, 0.29) is 0 Å². The van der Waals surface area contributed by atoms with Gasteiger partial charge in [-0.2, -0.15) is 0 Å². The highest BCUT2D eigenvalue weighted by Crippen LogP contribution is 2.21. The number of aryl methyl sites for hydroxylation is 2. The Balaban J connectivity index is 1.40. The van der Waals surface area contributed by atoms with Gasteiger partial charge >= 0.3 is 0 Å². The maximum atomic E-state index is 4.89. The van der Waals surface area contributed by atoms with Gasteiger partial charge < -0.3 is 20.1 Å². The van der Waals surface area contributed by atoms with Crippen LogP contribution in [-0.2, 0) is 13.6 Å². The van der Waals surface area contributed by atoms with Gasteiger partial charge in [-0.25, -0.2) is 4.99 Å². The smallest absolute Gasteiger partial charge is 0.192 e. The fraction of sp³-hybridized carbons (Fsp3) is 0.625. The number of nitrogens with one attached hydrogen (secondary N) is 2. The molecule has 0 saturated carbocycles. The summed E-state index contributed by atoms with van der Waals surface area (Å²) in [5, 5.41) is 15.8. The molecule has 2 saturated heterocycles. The molecule has 0 radical (unpaired) electrons. The van der Waals surface area contributed by atoms with E-state index in [1.165, 1.54) is 30.6 Å². The second-order valence-electron chi connectivity index (χ2n) is 9.10. The molecular formula is C24H38N8. The Labute approximate surface area is 192 Å². The van der Waals surface area contributed by atoms with Crippen molar-refractivity contribution in [2.45, 2.75) is 58.7 Å². The van der Waals surface area contributed by atoms with E-state index in [1.807, 2.05) is 18.5 Å². The summed E-state index contributed by atoms with van der Waals surface area (Å²) in [5.41, 5.74) is 2.60. The Bertz CT molecular complexity index is 903. The van der Waals surface area contributed by atoms with E-state index in [0.717, 1.165) is 50.2 Å². The zero-order valence-electron chi connectivity index (χ0n) is 20.0. The molecule has 0 amide bonds. The van der Waals surface area contributed by atoms with Crippen LogP contribution >= 0.6 is 0 Å². The van der Waals surface area contributed by atoms with Crippen molar-refractivity contribution >= 4 is 11.6 Å². The van der Waals surface area contributed by atoms with Gasteiger partial charge in [0.15, 0.2) is 11.8 Å². The summed E-state index contributed by atoms with van der Waals surface area (Å²) in [6.07, 6.45) is 3.63. The minimum atomic E-state index is 0.370. The Morgan fingerprint density at radius 2 is 1.94 bits per heavy atom. The summed E-state index contributed by atoms with van der Waals surface area (Å²) in [6, 6.07) is 9.77. The SMILES string of the molecule is CCN1CCCC1CNC(=NCc1nnc(C)n1C)NC1CCN(c2ccc(C)cc2)C1. The molecule has 4 rings (SSSR count). The number of aliphatic imine (C=N–C) groups is 1. The van der Waals surface area contributed by atoms with Crippen molar-refractivity contribution in [3.63, 3.8) is 0 Å². The van der Waals surface area contributed by atoms with Crippen LogP contribution in [0.15, 0.2) is 29.3 Å². The number of hydrogen-bond donors (Lipinski definition) is 2. The second kappa shape index (κ2) is 10.3. The monoisotopic (exact) mass is 438 g/mol. The molecule has 0 bridgehead atoms. The molecule has 0 spiro atoms. The molecule has 2 unspecified atom stereocenters. The van der Waals surface area contributed by atoms with Crippen LogP contribution in [0.2, 0.25) is 0 Å². The summed E-state index contributed by atoms with van der Waals surface area (Å²) >= 11 is 0. The molecule has 32 heavy (non-hydrogen) atoms. The normalized spacial score (nSPS) is 22.0. The van der Waals surface area contributed by atoms with E-state index in [0.29, 0.717) is 18.6 Å². The lowest BCUT2D eigenvalue weighted by atomic mass is 10.2. The molecule has 3 heterocycles. The third kappa shape index (κ3) is 5.41. The van der Waals surface area contributed by atoms with E-state index in [2.05, 4.69) is 68.7 Å². The minimum Gasteiger partial charge on any atom is -0.369 e. The van der Waals surface area contributed by atoms with Crippen molar-refractivity contribution in [3.8, 4) is 0 Å². The van der Waals surface area contributed by atoms with Crippen molar-refractivity contribution in [1.82, 2.24) is 30.3 Å². The number of guanidine groups is 1. The first-order valence-corrected chi connectivity index (χ1v) is 12.0. The first-order chi connectivity index (χ1) is 15.5. The van der Waals surface area contributed by atoms with Crippen LogP contribution in [0.1, 0.15) is 43.4 Å². The van der Waals surface area contributed by atoms with Crippen LogP contribution in [0.5, 0.6) is 0 Å². The molecule has 2 fully saturated rings. The van der Waals surface area contributed by atoms with Crippen molar-refractivity contribution in [2.24, 2.45) is 12.0 Å². The molecule has 1 aromatic carbocycles. The van der Waals surface area contributed by atoms with Gasteiger partial charge in [-0.05, 0) is 58.3 Å². The third-order valence-electron chi connectivity index (χ3n) is 6.90. The molecule has 1 aromatic heterocycles.